The molecule has 2 N–H and O–H groups in total. The molecule has 1 saturated heterocycles. The van der Waals surface area contributed by atoms with Crippen molar-refractivity contribution in [3.63, 3.8) is 0 Å². The lowest BCUT2D eigenvalue weighted by atomic mass is 10.2. The summed E-state index contributed by atoms with van der Waals surface area (Å²) < 4.78 is 17.9. The van der Waals surface area contributed by atoms with Gasteiger partial charge in [-0.15, -0.1) is 11.3 Å². The number of urea groups is 1. The number of benzene rings is 1. The molecule has 1 aromatic carbocycles. The predicted molar refractivity (Wildman–Crippen MR) is 110 cm³/mol. The number of carbonyl (C=O) groups is 3. The first-order chi connectivity index (χ1) is 14.4. The van der Waals surface area contributed by atoms with E-state index in [1.165, 1.54) is 35.6 Å². The van der Waals surface area contributed by atoms with Crippen molar-refractivity contribution in [2.45, 2.75) is 13.3 Å². The molecule has 0 bridgehead atoms. The van der Waals surface area contributed by atoms with Gasteiger partial charge in [0.25, 0.3) is 0 Å². The fourth-order valence-electron chi connectivity index (χ4n) is 2.86. The highest BCUT2D eigenvalue weighted by molar-refractivity contribution is 7.14. The quantitative estimate of drug-likeness (QED) is 0.752. The third-order valence-electron chi connectivity index (χ3n) is 4.37. The molecule has 2 heterocycles. The maximum Gasteiger partial charge on any atom is 0.409 e. The van der Waals surface area contributed by atoms with Gasteiger partial charge in [-0.05, 0) is 31.2 Å². The Hall–Kier alpha value is -3.21. The number of ether oxygens (including phenoxy) is 1. The van der Waals surface area contributed by atoms with Gasteiger partial charge in [-0.2, -0.15) is 0 Å². The third kappa shape index (κ3) is 5.89. The molecule has 0 aliphatic carbocycles. The molecule has 9 nitrogen and oxygen atoms in total. The molecule has 1 aliphatic rings. The Morgan fingerprint density at radius 3 is 2.43 bits per heavy atom. The zero-order valence-electron chi connectivity index (χ0n) is 16.4. The average Bonchev–Trinajstić information content (AvgIpc) is 3.16. The van der Waals surface area contributed by atoms with Gasteiger partial charge < -0.3 is 19.9 Å². The molecule has 1 aromatic heterocycles. The molecule has 4 amide bonds. The number of hydrogen-bond acceptors (Lipinski definition) is 6. The maximum atomic E-state index is 12.9. The minimum absolute atomic E-state index is 0.0916. The second-order valence-corrected chi connectivity index (χ2v) is 7.33. The maximum absolute atomic E-state index is 12.9. The number of thiazole rings is 1. The van der Waals surface area contributed by atoms with E-state index in [0.717, 1.165) is 0 Å². The third-order valence-corrected chi connectivity index (χ3v) is 5.17. The lowest BCUT2D eigenvalue weighted by Crippen LogP contribution is -2.51. The summed E-state index contributed by atoms with van der Waals surface area (Å²) >= 11 is 1.21. The van der Waals surface area contributed by atoms with Crippen molar-refractivity contribution in [1.82, 2.24) is 14.8 Å². The summed E-state index contributed by atoms with van der Waals surface area (Å²) in [5.41, 5.74) is 0.998. The van der Waals surface area contributed by atoms with E-state index in [0.29, 0.717) is 49.3 Å². The lowest BCUT2D eigenvalue weighted by molar-refractivity contribution is -0.132. The van der Waals surface area contributed by atoms with Crippen molar-refractivity contribution in [2.24, 2.45) is 0 Å². The Balaban J connectivity index is 1.46. The van der Waals surface area contributed by atoms with Gasteiger partial charge in [0.2, 0.25) is 5.91 Å². The first kappa shape index (κ1) is 21.5. The number of nitrogens with one attached hydrogen (secondary N) is 2. The van der Waals surface area contributed by atoms with Crippen molar-refractivity contribution >= 4 is 40.2 Å². The fraction of sp³-hybridized carbons (Fsp3) is 0.368. The van der Waals surface area contributed by atoms with Crippen LogP contribution in [0.1, 0.15) is 12.6 Å². The van der Waals surface area contributed by atoms with E-state index in [1.807, 2.05) is 0 Å². The average molecular weight is 435 g/mol. The summed E-state index contributed by atoms with van der Waals surface area (Å²) in [7, 11) is 0. The minimum atomic E-state index is -0.510. The molecule has 0 spiro atoms. The van der Waals surface area contributed by atoms with Gasteiger partial charge in [0, 0.05) is 37.2 Å². The Labute approximate surface area is 176 Å². The molecule has 11 heteroatoms. The summed E-state index contributed by atoms with van der Waals surface area (Å²) in [6.07, 6.45) is -0.254. The summed E-state index contributed by atoms with van der Waals surface area (Å²) in [6, 6.07) is 4.87. The van der Waals surface area contributed by atoms with Crippen molar-refractivity contribution in [3.05, 3.63) is 41.2 Å². The van der Waals surface area contributed by atoms with Crippen LogP contribution in [-0.4, -0.2) is 65.6 Å². The van der Waals surface area contributed by atoms with Gasteiger partial charge in [-0.1, -0.05) is 0 Å². The van der Waals surface area contributed by atoms with E-state index in [2.05, 4.69) is 15.6 Å². The monoisotopic (exact) mass is 435 g/mol. The first-order valence-corrected chi connectivity index (χ1v) is 10.3. The lowest BCUT2D eigenvalue weighted by Gasteiger charge is -2.34. The van der Waals surface area contributed by atoms with E-state index in [-0.39, 0.29) is 18.4 Å². The number of aromatic nitrogens is 1. The van der Waals surface area contributed by atoms with Crippen LogP contribution in [0.3, 0.4) is 0 Å². The number of nitrogens with zero attached hydrogens (tertiary/aromatic N) is 3. The largest absolute Gasteiger partial charge is 0.450 e. The van der Waals surface area contributed by atoms with Gasteiger partial charge in [0.15, 0.2) is 5.13 Å². The van der Waals surface area contributed by atoms with E-state index >= 15 is 0 Å². The highest BCUT2D eigenvalue weighted by Gasteiger charge is 2.25. The number of halogens is 1. The normalized spacial score (nSPS) is 13.7. The van der Waals surface area contributed by atoms with Crippen LogP contribution in [0, 0.1) is 5.82 Å². The van der Waals surface area contributed by atoms with Crippen molar-refractivity contribution in [1.29, 1.82) is 0 Å². The number of carbonyl (C=O) groups excluding carboxylic acids is 3. The predicted octanol–water partition coefficient (Wildman–Crippen LogP) is 2.77. The van der Waals surface area contributed by atoms with Crippen LogP contribution in [0.4, 0.5) is 24.8 Å². The molecule has 2 aromatic rings. The van der Waals surface area contributed by atoms with Gasteiger partial charge in [0.05, 0.1) is 18.7 Å². The van der Waals surface area contributed by atoms with Crippen molar-refractivity contribution < 1.29 is 23.5 Å². The van der Waals surface area contributed by atoms with E-state index in [9.17, 15) is 18.8 Å². The molecule has 0 radical (unpaired) electrons. The minimum Gasteiger partial charge on any atom is -0.450 e. The zero-order chi connectivity index (χ0) is 21.5. The standard InChI is InChI=1S/C19H22FN5O4S/c1-2-29-19(28)25-9-7-24(8-10-25)16(26)11-15-12-30-18(22-15)23-17(27)21-14-5-3-13(20)4-6-14/h3-6,12H,2,7-11H2,1H3,(H2,21,22,23,27). The molecule has 1 fully saturated rings. The van der Waals surface area contributed by atoms with Crippen LogP contribution in [0.2, 0.25) is 0 Å². The topological polar surface area (TPSA) is 104 Å². The van der Waals surface area contributed by atoms with Gasteiger partial charge in [-0.25, -0.2) is 19.0 Å². The molecule has 0 saturated carbocycles. The van der Waals surface area contributed by atoms with Crippen molar-refractivity contribution in [3.8, 4) is 0 Å². The Kier molecular flexibility index (Phi) is 7.17. The summed E-state index contributed by atoms with van der Waals surface area (Å²) in [5.74, 6) is -0.483. The van der Waals surface area contributed by atoms with Gasteiger partial charge in [0.1, 0.15) is 5.82 Å². The molecular weight excluding hydrogens is 413 g/mol. The first-order valence-electron chi connectivity index (χ1n) is 9.42. The highest BCUT2D eigenvalue weighted by atomic mass is 32.1. The van der Waals surface area contributed by atoms with Gasteiger partial charge >= 0.3 is 12.1 Å². The molecule has 30 heavy (non-hydrogen) atoms. The highest BCUT2D eigenvalue weighted by Crippen LogP contribution is 2.18. The van der Waals surface area contributed by atoms with Crippen LogP contribution >= 0.6 is 11.3 Å². The van der Waals surface area contributed by atoms with Crippen LogP contribution in [0.25, 0.3) is 0 Å². The number of rotatable bonds is 5. The van der Waals surface area contributed by atoms with Gasteiger partial charge in [-0.3, -0.25) is 10.1 Å². The summed E-state index contributed by atoms with van der Waals surface area (Å²) in [6.45, 7) is 3.80. The second-order valence-electron chi connectivity index (χ2n) is 6.47. The number of anilines is 2. The molecule has 0 unspecified atom stereocenters. The molecule has 1 aliphatic heterocycles. The SMILES string of the molecule is CCOC(=O)N1CCN(C(=O)Cc2csc(NC(=O)Nc3ccc(F)cc3)n2)CC1. The Bertz CT molecular complexity index is 897. The number of piperazine rings is 1. The van der Waals surface area contributed by atoms with E-state index in [4.69, 9.17) is 4.74 Å². The fourth-order valence-corrected chi connectivity index (χ4v) is 3.56. The zero-order valence-corrected chi connectivity index (χ0v) is 17.2. The van der Waals surface area contributed by atoms with E-state index in [1.54, 1.807) is 22.1 Å². The van der Waals surface area contributed by atoms with E-state index < -0.39 is 11.8 Å². The Morgan fingerprint density at radius 1 is 1.10 bits per heavy atom. The molecule has 0 atom stereocenters. The number of amides is 4. The summed E-state index contributed by atoms with van der Waals surface area (Å²) in [4.78, 5) is 43.8. The molecular formula is C19H22FN5O4S. The van der Waals surface area contributed by atoms with Crippen LogP contribution in [0.15, 0.2) is 29.6 Å². The smallest absolute Gasteiger partial charge is 0.409 e. The second kappa shape index (κ2) is 10.0. The molecule has 3 rings (SSSR count). The van der Waals surface area contributed by atoms with Crippen molar-refractivity contribution in [2.75, 3.05) is 43.4 Å². The Morgan fingerprint density at radius 2 is 1.77 bits per heavy atom. The van der Waals surface area contributed by atoms with Crippen LogP contribution in [-0.2, 0) is 16.0 Å². The summed E-state index contributed by atoms with van der Waals surface area (Å²) in [5, 5.41) is 7.22. The van der Waals surface area contributed by atoms with Crippen LogP contribution < -0.4 is 10.6 Å². The van der Waals surface area contributed by atoms with Crippen LogP contribution in [0.5, 0.6) is 0 Å². The number of hydrogen-bond donors (Lipinski definition) is 2. The molecule has 160 valence electrons.